The van der Waals surface area contributed by atoms with Crippen LogP contribution in [-0.2, 0) is 0 Å². The maximum absolute atomic E-state index is 4.04. The molecule has 0 amide bonds. The van der Waals surface area contributed by atoms with E-state index < -0.39 is 0 Å². The van der Waals surface area contributed by atoms with Crippen LogP contribution in [0.5, 0.6) is 0 Å². The third kappa shape index (κ3) is 7.82. The molecule has 3 heteroatoms. The summed E-state index contributed by atoms with van der Waals surface area (Å²) in [5.41, 5.74) is 12.4. The van der Waals surface area contributed by atoms with Gasteiger partial charge in [-0.2, -0.15) is 0 Å². The largest absolute Gasteiger partial charge is 0.384 e. The molecule has 0 saturated heterocycles. The lowest BCUT2D eigenvalue weighted by atomic mass is 9.82. The zero-order valence-corrected chi connectivity index (χ0v) is 29.1. The highest BCUT2D eigenvalue weighted by Gasteiger charge is 2.31. The first-order valence-corrected chi connectivity index (χ1v) is 16.6. The zero-order chi connectivity index (χ0) is 31.4. The molecule has 0 aromatic heterocycles. The number of anilines is 2. The van der Waals surface area contributed by atoms with Crippen molar-refractivity contribution >= 4 is 11.4 Å². The number of benzene rings is 2. The Morgan fingerprint density at radius 3 is 1.21 bits per heavy atom. The van der Waals surface area contributed by atoms with Crippen molar-refractivity contribution in [1.82, 2.24) is 5.32 Å². The van der Waals surface area contributed by atoms with E-state index in [4.69, 9.17) is 0 Å². The number of allylic oxidation sites excluding steroid dienone is 2. The van der Waals surface area contributed by atoms with Gasteiger partial charge in [-0.15, -0.1) is 0 Å². The smallest absolute Gasteiger partial charge is 0.0417 e. The minimum atomic E-state index is -0.150. The molecule has 3 nitrogen and oxygen atoms in total. The lowest BCUT2D eigenvalue weighted by molar-refractivity contribution is 0.420. The number of rotatable bonds is 13. The van der Waals surface area contributed by atoms with E-state index in [2.05, 4.69) is 148 Å². The van der Waals surface area contributed by atoms with Crippen molar-refractivity contribution in [2.75, 3.05) is 30.3 Å². The molecule has 3 rings (SSSR count). The normalized spacial score (nSPS) is 14.0. The van der Waals surface area contributed by atoms with Crippen LogP contribution >= 0.6 is 0 Å². The maximum Gasteiger partial charge on any atom is 0.0417 e. The molecule has 0 atom stereocenters. The van der Waals surface area contributed by atoms with Crippen LogP contribution in [0, 0.1) is 5.41 Å². The summed E-state index contributed by atoms with van der Waals surface area (Å²) in [5, 5.41) is 11.8. The fourth-order valence-corrected chi connectivity index (χ4v) is 6.01. The van der Waals surface area contributed by atoms with Crippen LogP contribution in [0.2, 0.25) is 0 Å². The highest BCUT2D eigenvalue weighted by Crippen LogP contribution is 2.40. The maximum atomic E-state index is 4.04. The lowest BCUT2D eigenvalue weighted by Crippen LogP contribution is -2.42. The minimum Gasteiger partial charge on any atom is -0.384 e. The first-order valence-electron chi connectivity index (χ1n) is 16.6. The van der Waals surface area contributed by atoms with Gasteiger partial charge < -0.3 is 16.0 Å². The molecule has 1 aliphatic heterocycles. The second kappa shape index (κ2) is 14.2. The van der Waals surface area contributed by atoms with E-state index in [9.17, 15) is 0 Å². The molecule has 0 spiro atoms. The Balaban J connectivity index is 2.06. The highest BCUT2D eigenvalue weighted by atomic mass is 15.0. The molecule has 0 unspecified atom stereocenters. The molecule has 0 aliphatic carbocycles. The Bertz CT molecular complexity index is 1120. The van der Waals surface area contributed by atoms with Crippen LogP contribution in [-0.4, -0.2) is 19.6 Å². The summed E-state index contributed by atoms with van der Waals surface area (Å²) in [6.07, 6.45) is 6.68. The molecular formula is C39H61N3. The van der Waals surface area contributed by atoms with E-state index in [1.54, 1.807) is 0 Å². The van der Waals surface area contributed by atoms with Gasteiger partial charge >= 0.3 is 0 Å². The van der Waals surface area contributed by atoms with Crippen LogP contribution in [0.1, 0.15) is 159 Å². The Kier molecular flexibility index (Phi) is 11.4. The molecule has 232 valence electrons. The van der Waals surface area contributed by atoms with Crippen molar-refractivity contribution in [1.29, 1.82) is 0 Å². The SMILES string of the molecule is CC(C)c1cc(C(C)C)c(NCC(C)(CNc2c(C(C)C)cc(C(C)C)cc2C(C)C)C2=CC=CCN2)c(C(C)C)c1. The molecule has 0 fully saturated rings. The summed E-state index contributed by atoms with van der Waals surface area (Å²) < 4.78 is 0. The van der Waals surface area contributed by atoms with Gasteiger partial charge in [0.1, 0.15) is 0 Å². The molecule has 0 bridgehead atoms. The van der Waals surface area contributed by atoms with Gasteiger partial charge in [-0.1, -0.05) is 126 Å². The molecule has 2 aromatic carbocycles. The zero-order valence-electron chi connectivity index (χ0n) is 29.1. The van der Waals surface area contributed by atoms with Gasteiger partial charge in [0.15, 0.2) is 0 Å². The summed E-state index contributed by atoms with van der Waals surface area (Å²) in [7, 11) is 0. The summed E-state index contributed by atoms with van der Waals surface area (Å²) in [5.74, 6) is 2.82. The van der Waals surface area contributed by atoms with Crippen molar-refractivity contribution in [2.45, 2.75) is 126 Å². The predicted molar refractivity (Wildman–Crippen MR) is 188 cm³/mol. The Morgan fingerprint density at radius 1 is 0.595 bits per heavy atom. The van der Waals surface area contributed by atoms with E-state index in [0.29, 0.717) is 35.5 Å². The van der Waals surface area contributed by atoms with E-state index in [1.165, 1.54) is 50.5 Å². The fourth-order valence-electron chi connectivity index (χ4n) is 6.01. The Labute approximate surface area is 259 Å². The van der Waals surface area contributed by atoms with Crippen LogP contribution in [0.25, 0.3) is 0 Å². The standard InChI is InChI=1S/C39H61N3/c1-24(2)30-18-32(26(5)6)37(33(19-30)27(7)8)41-22-39(13,36-16-14-15-17-40-36)23-42-38-34(28(9)10)20-31(25(3)4)21-35(38)29(11)12/h14-16,18-21,24-29,40-42H,17,22-23H2,1-13H3. The number of hydrogen-bond acceptors (Lipinski definition) is 3. The first kappa shape index (κ1) is 33.8. The topological polar surface area (TPSA) is 36.1 Å². The minimum absolute atomic E-state index is 0.150. The number of nitrogens with one attached hydrogen (secondary N) is 3. The lowest BCUT2D eigenvalue weighted by Gasteiger charge is -2.37. The van der Waals surface area contributed by atoms with E-state index in [-0.39, 0.29) is 5.41 Å². The van der Waals surface area contributed by atoms with Gasteiger partial charge in [-0.25, -0.2) is 0 Å². The summed E-state index contributed by atoms with van der Waals surface area (Å²) in [6, 6.07) is 9.78. The Hall–Kier alpha value is -2.68. The average Bonchev–Trinajstić information content (AvgIpc) is 2.94. The summed E-state index contributed by atoms with van der Waals surface area (Å²) in [6.45, 7) is 32.8. The summed E-state index contributed by atoms with van der Waals surface area (Å²) >= 11 is 0. The van der Waals surface area contributed by atoms with E-state index >= 15 is 0 Å². The molecule has 2 aromatic rings. The van der Waals surface area contributed by atoms with Crippen molar-refractivity contribution in [2.24, 2.45) is 5.41 Å². The molecule has 0 radical (unpaired) electrons. The fraction of sp³-hybridized carbons (Fsp3) is 0.590. The second-order valence-corrected chi connectivity index (χ2v) is 14.7. The van der Waals surface area contributed by atoms with Crippen LogP contribution in [0.3, 0.4) is 0 Å². The highest BCUT2D eigenvalue weighted by molar-refractivity contribution is 5.64. The second-order valence-electron chi connectivity index (χ2n) is 14.7. The Morgan fingerprint density at radius 2 is 0.952 bits per heavy atom. The first-order chi connectivity index (χ1) is 19.7. The average molecular weight is 572 g/mol. The van der Waals surface area contributed by atoms with Crippen molar-refractivity contribution < 1.29 is 0 Å². The molecule has 0 saturated carbocycles. The number of dihydropyridines is 1. The van der Waals surface area contributed by atoms with E-state index in [0.717, 1.165) is 19.6 Å². The predicted octanol–water partition coefficient (Wildman–Crippen LogP) is 11.0. The molecular weight excluding hydrogens is 510 g/mol. The third-order valence-electron chi connectivity index (χ3n) is 9.03. The molecule has 1 aliphatic rings. The quantitative estimate of drug-likeness (QED) is 0.224. The summed E-state index contributed by atoms with van der Waals surface area (Å²) in [4.78, 5) is 0. The van der Waals surface area contributed by atoms with Gasteiger partial charge in [0.25, 0.3) is 0 Å². The third-order valence-corrected chi connectivity index (χ3v) is 9.03. The van der Waals surface area contributed by atoms with Gasteiger partial charge in [0.2, 0.25) is 0 Å². The van der Waals surface area contributed by atoms with Crippen molar-refractivity contribution in [3.63, 3.8) is 0 Å². The number of hydrogen-bond donors (Lipinski definition) is 3. The van der Waals surface area contributed by atoms with Crippen molar-refractivity contribution in [3.8, 4) is 0 Å². The van der Waals surface area contributed by atoms with Gasteiger partial charge in [0, 0.05) is 42.1 Å². The van der Waals surface area contributed by atoms with Crippen LogP contribution < -0.4 is 16.0 Å². The molecule has 42 heavy (non-hydrogen) atoms. The van der Waals surface area contributed by atoms with Gasteiger partial charge in [-0.05, 0) is 75.0 Å². The van der Waals surface area contributed by atoms with Crippen LogP contribution in [0.4, 0.5) is 11.4 Å². The van der Waals surface area contributed by atoms with Gasteiger partial charge in [-0.3, -0.25) is 0 Å². The molecule has 3 N–H and O–H groups in total. The van der Waals surface area contributed by atoms with Crippen LogP contribution in [0.15, 0.2) is 48.2 Å². The van der Waals surface area contributed by atoms with Gasteiger partial charge in [0.05, 0.1) is 0 Å². The molecule has 1 heterocycles. The van der Waals surface area contributed by atoms with E-state index in [1.807, 2.05) is 0 Å². The monoisotopic (exact) mass is 571 g/mol. The van der Waals surface area contributed by atoms with Crippen molar-refractivity contribution in [3.05, 3.63) is 81.6 Å².